The van der Waals surface area contributed by atoms with Gasteiger partial charge in [0, 0.05) is 55.7 Å². The fraction of sp³-hybridized carbons (Fsp3) is 0.581. The average molecular weight is 545 g/mol. The second kappa shape index (κ2) is 11.6. The van der Waals surface area contributed by atoms with Gasteiger partial charge >= 0.3 is 0 Å². The van der Waals surface area contributed by atoms with E-state index < -0.39 is 0 Å². The number of morpholine rings is 1. The molecule has 0 bridgehead atoms. The first kappa shape index (κ1) is 26.9. The first-order chi connectivity index (χ1) is 19.5. The number of likely N-dealkylation sites (tertiary alicyclic amines) is 2. The molecule has 0 radical (unpaired) electrons. The Hall–Kier alpha value is -3.35. The molecule has 0 saturated carbocycles. The zero-order chi connectivity index (χ0) is 27.6. The Morgan fingerprint density at radius 1 is 1.07 bits per heavy atom. The van der Waals surface area contributed by atoms with E-state index in [1.807, 2.05) is 11.1 Å². The summed E-state index contributed by atoms with van der Waals surface area (Å²) in [7, 11) is 0. The molecule has 1 N–H and O–H groups in total. The smallest absolute Gasteiger partial charge is 0.298 e. The Kier molecular flexibility index (Phi) is 7.81. The van der Waals surface area contributed by atoms with Gasteiger partial charge in [0.25, 0.3) is 5.91 Å². The molecule has 4 aliphatic rings. The van der Waals surface area contributed by atoms with Gasteiger partial charge in [0.15, 0.2) is 5.75 Å². The first-order valence-electron chi connectivity index (χ1n) is 14.7. The number of amides is 1. The van der Waals surface area contributed by atoms with Crippen LogP contribution in [-0.2, 0) is 9.53 Å². The number of anilines is 3. The summed E-state index contributed by atoms with van der Waals surface area (Å²) < 4.78 is 12.1. The monoisotopic (exact) mass is 544 g/mol. The largest absolute Gasteiger partial charge is 0.482 e. The SMILES string of the molecule is CC#CC(=O)N1CCC(N2CCC(c3cc4c(c(C)n3)O[C@@H](C)c3c(N5CCOCC5)ccnc3N4)CC2)CC1. The van der Waals surface area contributed by atoms with Gasteiger partial charge in [0.1, 0.15) is 11.9 Å². The molecular weight excluding hydrogens is 504 g/mol. The summed E-state index contributed by atoms with van der Waals surface area (Å²) in [5.41, 5.74) is 5.25. The van der Waals surface area contributed by atoms with Crippen LogP contribution >= 0.6 is 0 Å². The number of aryl methyl sites for hydroxylation is 1. The lowest BCUT2D eigenvalue weighted by Crippen LogP contribution is -2.48. The predicted octanol–water partition coefficient (Wildman–Crippen LogP) is 4.01. The molecule has 9 heteroatoms. The van der Waals surface area contributed by atoms with Gasteiger partial charge in [-0.15, -0.1) is 0 Å². The van der Waals surface area contributed by atoms with Crippen LogP contribution in [0, 0.1) is 18.8 Å². The third-order valence-electron chi connectivity index (χ3n) is 8.88. The lowest BCUT2D eigenvalue weighted by Gasteiger charge is -2.41. The van der Waals surface area contributed by atoms with Crippen molar-refractivity contribution in [3.63, 3.8) is 0 Å². The van der Waals surface area contributed by atoms with E-state index in [-0.39, 0.29) is 12.0 Å². The van der Waals surface area contributed by atoms with Crippen LogP contribution in [0.1, 0.15) is 68.5 Å². The third-order valence-corrected chi connectivity index (χ3v) is 8.88. The lowest BCUT2D eigenvalue weighted by atomic mass is 9.90. The van der Waals surface area contributed by atoms with Crippen molar-refractivity contribution >= 4 is 23.1 Å². The van der Waals surface area contributed by atoms with Gasteiger partial charge in [-0.2, -0.15) is 0 Å². The van der Waals surface area contributed by atoms with Crippen molar-refractivity contribution in [1.29, 1.82) is 0 Å². The highest BCUT2D eigenvalue weighted by Crippen LogP contribution is 2.44. The summed E-state index contributed by atoms with van der Waals surface area (Å²) in [6.07, 6.45) is 5.95. The van der Waals surface area contributed by atoms with E-state index in [0.29, 0.717) is 12.0 Å². The number of rotatable bonds is 3. The summed E-state index contributed by atoms with van der Waals surface area (Å²) in [4.78, 5) is 28.8. The molecule has 9 nitrogen and oxygen atoms in total. The molecule has 3 saturated heterocycles. The van der Waals surface area contributed by atoms with Crippen molar-refractivity contribution in [2.45, 2.75) is 64.5 Å². The number of nitrogens with zero attached hydrogens (tertiary/aromatic N) is 5. The van der Waals surface area contributed by atoms with Crippen LogP contribution in [0.2, 0.25) is 0 Å². The fourth-order valence-electron chi connectivity index (χ4n) is 6.72. The minimum absolute atomic E-state index is 0.0357. The molecule has 212 valence electrons. The summed E-state index contributed by atoms with van der Waals surface area (Å²) in [5.74, 6) is 7.46. The first-order valence-corrected chi connectivity index (χ1v) is 14.7. The molecule has 6 rings (SSSR count). The molecule has 0 aromatic carbocycles. The van der Waals surface area contributed by atoms with Crippen molar-refractivity contribution in [2.24, 2.45) is 0 Å². The van der Waals surface area contributed by atoms with E-state index in [2.05, 4.69) is 52.9 Å². The summed E-state index contributed by atoms with van der Waals surface area (Å²) in [5, 5.41) is 3.63. The molecule has 0 unspecified atom stereocenters. The van der Waals surface area contributed by atoms with Gasteiger partial charge in [0.05, 0.1) is 30.2 Å². The van der Waals surface area contributed by atoms with E-state index >= 15 is 0 Å². The molecule has 2 aromatic rings. The summed E-state index contributed by atoms with van der Waals surface area (Å²) >= 11 is 0. The number of nitrogens with one attached hydrogen (secondary N) is 1. The van der Waals surface area contributed by atoms with Crippen LogP contribution in [0.4, 0.5) is 17.2 Å². The normalized spacial score (nSPS) is 22.2. The Balaban J connectivity index is 1.15. The van der Waals surface area contributed by atoms with Gasteiger partial charge in [-0.25, -0.2) is 4.98 Å². The highest BCUT2D eigenvalue weighted by molar-refractivity contribution is 5.93. The Bertz CT molecular complexity index is 1300. The van der Waals surface area contributed by atoms with E-state index in [4.69, 9.17) is 19.4 Å². The van der Waals surface area contributed by atoms with Crippen LogP contribution in [0.3, 0.4) is 0 Å². The van der Waals surface area contributed by atoms with Gasteiger partial charge in [-0.05, 0) is 77.6 Å². The number of carbonyl (C=O) groups excluding carboxylic acids is 1. The average Bonchev–Trinajstić information content (AvgIpc) is 3.14. The fourth-order valence-corrected chi connectivity index (χ4v) is 6.72. The van der Waals surface area contributed by atoms with Crippen molar-refractivity contribution < 1.29 is 14.3 Å². The minimum atomic E-state index is -0.152. The number of aromatic nitrogens is 2. The summed E-state index contributed by atoms with van der Waals surface area (Å²) in [6, 6.07) is 4.82. The molecule has 40 heavy (non-hydrogen) atoms. The van der Waals surface area contributed by atoms with Gasteiger partial charge in [-0.3, -0.25) is 9.78 Å². The highest BCUT2D eigenvalue weighted by Gasteiger charge is 2.32. The number of carbonyl (C=O) groups is 1. The second-order valence-electron chi connectivity index (χ2n) is 11.3. The number of fused-ring (bicyclic) bond motifs is 2. The quantitative estimate of drug-likeness (QED) is 0.581. The predicted molar refractivity (Wildman–Crippen MR) is 155 cm³/mol. The van der Waals surface area contributed by atoms with Crippen molar-refractivity contribution in [3.05, 3.63) is 35.3 Å². The maximum atomic E-state index is 12.1. The number of ether oxygens (including phenoxy) is 2. The zero-order valence-corrected chi connectivity index (χ0v) is 23.9. The number of piperidine rings is 2. The maximum Gasteiger partial charge on any atom is 0.298 e. The van der Waals surface area contributed by atoms with Crippen molar-refractivity contribution in [1.82, 2.24) is 19.8 Å². The van der Waals surface area contributed by atoms with E-state index in [0.717, 1.165) is 118 Å². The van der Waals surface area contributed by atoms with Gasteiger partial charge in [-0.1, -0.05) is 5.92 Å². The van der Waals surface area contributed by atoms with Crippen LogP contribution in [-0.4, -0.2) is 84.2 Å². The molecule has 1 amide bonds. The topological polar surface area (TPSA) is 83.1 Å². The summed E-state index contributed by atoms with van der Waals surface area (Å²) in [6.45, 7) is 12.8. The van der Waals surface area contributed by atoms with Gasteiger partial charge < -0.3 is 29.5 Å². The van der Waals surface area contributed by atoms with Crippen LogP contribution in [0.25, 0.3) is 0 Å². The Labute approximate surface area is 237 Å². The Morgan fingerprint density at radius 2 is 1.82 bits per heavy atom. The molecule has 6 heterocycles. The maximum absolute atomic E-state index is 12.1. The van der Waals surface area contributed by atoms with Crippen molar-refractivity contribution in [3.8, 4) is 17.6 Å². The van der Waals surface area contributed by atoms with Crippen LogP contribution in [0.15, 0.2) is 18.3 Å². The molecule has 3 fully saturated rings. The number of pyridine rings is 2. The van der Waals surface area contributed by atoms with Crippen molar-refractivity contribution in [2.75, 3.05) is 62.7 Å². The van der Waals surface area contributed by atoms with Crippen LogP contribution < -0.4 is 15.0 Å². The molecular formula is C31H40N6O3. The molecule has 4 aliphatic heterocycles. The lowest BCUT2D eigenvalue weighted by molar-refractivity contribution is -0.126. The number of hydrogen-bond acceptors (Lipinski definition) is 8. The number of hydrogen-bond donors (Lipinski definition) is 1. The zero-order valence-electron chi connectivity index (χ0n) is 23.9. The van der Waals surface area contributed by atoms with Gasteiger partial charge in [0.2, 0.25) is 0 Å². The Morgan fingerprint density at radius 3 is 2.55 bits per heavy atom. The van der Waals surface area contributed by atoms with E-state index in [9.17, 15) is 4.79 Å². The van der Waals surface area contributed by atoms with E-state index in [1.165, 1.54) is 0 Å². The molecule has 0 aliphatic carbocycles. The second-order valence-corrected chi connectivity index (χ2v) is 11.3. The minimum Gasteiger partial charge on any atom is -0.482 e. The van der Waals surface area contributed by atoms with Crippen LogP contribution in [0.5, 0.6) is 5.75 Å². The molecule has 0 spiro atoms. The molecule has 1 atom stereocenters. The molecule has 2 aromatic heterocycles. The third kappa shape index (κ3) is 5.35. The highest BCUT2D eigenvalue weighted by atomic mass is 16.5. The standard InChI is InChI=1S/C31H40N6O3/c1-4-5-28(38)37-14-9-24(10-15-37)35-12-7-23(8-13-35)25-20-26-30(21(2)33-25)40-22(3)29-27(6-11-32-31(29)34-26)36-16-18-39-19-17-36/h6,11,20,22-24H,7-10,12-19H2,1-3H3,(H,32,34)/t22-/m0/s1. The van der Waals surface area contributed by atoms with E-state index in [1.54, 1.807) is 6.92 Å².